The van der Waals surface area contributed by atoms with Crippen LogP contribution in [0, 0.1) is 0 Å². The normalized spacial score (nSPS) is 20.5. The molecule has 1 saturated heterocycles. The van der Waals surface area contributed by atoms with Crippen molar-refractivity contribution in [3.8, 4) is 5.88 Å². The Morgan fingerprint density at radius 3 is 1.63 bits per heavy atom. The van der Waals surface area contributed by atoms with Gasteiger partial charge in [-0.1, -0.05) is 0 Å². The lowest BCUT2D eigenvalue weighted by atomic mass is 9.92. The molecule has 1 saturated carbocycles. The minimum Gasteiger partial charge on any atom is -0.474 e. The molecule has 0 bridgehead atoms. The summed E-state index contributed by atoms with van der Waals surface area (Å²) < 4.78 is 82.9. The third-order valence-corrected chi connectivity index (χ3v) is 7.57. The van der Waals surface area contributed by atoms with E-state index in [0.717, 1.165) is 81.7 Å². The first kappa shape index (κ1) is 28.8. The first-order valence-corrected chi connectivity index (χ1v) is 13.6. The van der Waals surface area contributed by atoms with E-state index in [2.05, 4.69) is 25.5 Å². The Labute approximate surface area is 234 Å². The molecular formula is C29H31F6N5O. The van der Waals surface area contributed by atoms with Crippen LogP contribution in [0.15, 0.2) is 60.9 Å². The highest BCUT2D eigenvalue weighted by atomic mass is 19.4. The van der Waals surface area contributed by atoms with Gasteiger partial charge in [0.25, 0.3) is 0 Å². The maximum absolute atomic E-state index is 12.8. The zero-order valence-corrected chi connectivity index (χ0v) is 22.2. The smallest absolute Gasteiger partial charge is 0.416 e. The highest BCUT2D eigenvalue weighted by Gasteiger charge is 2.31. The van der Waals surface area contributed by atoms with Crippen molar-refractivity contribution in [2.24, 2.45) is 0 Å². The lowest BCUT2D eigenvalue weighted by Gasteiger charge is -2.34. The second kappa shape index (κ2) is 12.0. The molecule has 220 valence electrons. The van der Waals surface area contributed by atoms with Gasteiger partial charge in [-0.25, -0.2) is 9.97 Å². The van der Waals surface area contributed by atoms with Crippen LogP contribution in [-0.2, 0) is 12.4 Å². The van der Waals surface area contributed by atoms with Crippen molar-refractivity contribution in [3.63, 3.8) is 0 Å². The van der Waals surface area contributed by atoms with Crippen LogP contribution in [-0.4, -0.2) is 41.2 Å². The first-order valence-electron chi connectivity index (χ1n) is 13.6. The number of hydrogen-bond donors (Lipinski definition) is 2. The molecule has 2 N–H and O–H groups in total. The predicted molar refractivity (Wildman–Crippen MR) is 144 cm³/mol. The van der Waals surface area contributed by atoms with Crippen molar-refractivity contribution in [3.05, 3.63) is 72.1 Å². The number of nitrogens with zero attached hydrogens (tertiary/aromatic N) is 3. The molecule has 0 radical (unpaired) electrons. The van der Waals surface area contributed by atoms with Crippen molar-refractivity contribution in [2.75, 3.05) is 28.6 Å². The molecule has 2 fully saturated rings. The second-order valence-corrected chi connectivity index (χ2v) is 10.5. The SMILES string of the molecule is FC(F)(F)c1ccc(NC2CCC(Oc3cc(N4CCC(Nc5ccc(C(F)(F)F)cc5)CC4)ncn3)CC2)cc1. The molecule has 12 heteroatoms. The van der Waals surface area contributed by atoms with E-state index in [1.165, 1.54) is 30.6 Å². The number of ether oxygens (including phenoxy) is 1. The number of nitrogens with one attached hydrogen (secondary N) is 2. The van der Waals surface area contributed by atoms with Crippen LogP contribution in [0.2, 0.25) is 0 Å². The highest BCUT2D eigenvalue weighted by molar-refractivity contribution is 5.48. The van der Waals surface area contributed by atoms with Crippen molar-refractivity contribution in [2.45, 2.75) is 69.1 Å². The number of alkyl halides is 6. The minimum atomic E-state index is -4.35. The summed E-state index contributed by atoms with van der Waals surface area (Å²) in [6.45, 7) is 1.46. The second-order valence-electron chi connectivity index (χ2n) is 10.5. The van der Waals surface area contributed by atoms with Gasteiger partial charge >= 0.3 is 12.4 Å². The fraction of sp³-hybridized carbons (Fsp3) is 0.448. The summed E-state index contributed by atoms with van der Waals surface area (Å²) in [5.41, 5.74) is 0.00526. The number of benzene rings is 2. The quantitative estimate of drug-likeness (QED) is 0.285. The van der Waals surface area contributed by atoms with Crippen molar-refractivity contribution >= 4 is 17.2 Å². The van der Waals surface area contributed by atoms with E-state index < -0.39 is 23.5 Å². The van der Waals surface area contributed by atoms with Gasteiger partial charge in [0, 0.05) is 42.6 Å². The molecule has 6 nitrogen and oxygen atoms in total. The molecule has 0 spiro atoms. The molecule has 0 unspecified atom stereocenters. The molecule has 1 aromatic heterocycles. The standard InChI is InChI=1S/C29H31F6N5O/c30-28(31,32)19-1-5-21(6-2-19)38-23-9-11-25(12-10-23)41-27-17-26(36-18-37-27)40-15-13-24(14-16-40)39-22-7-3-20(4-8-22)29(33,34)35/h1-8,17-18,23-25,38-39H,9-16H2. The van der Waals surface area contributed by atoms with Crippen LogP contribution in [0.3, 0.4) is 0 Å². The van der Waals surface area contributed by atoms with Crippen LogP contribution < -0.4 is 20.3 Å². The van der Waals surface area contributed by atoms with Crippen molar-refractivity contribution in [1.82, 2.24) is 9.97 Å². The number of piperidine rings is 1. The predicted octanol–water partition coefficient (Wildman–Crippen LogP) is 7.40. The summed E-state index contributed by atoms with van der Waals surface area (Å²) in [5.74, 6) is 1.26. The molecule has 2 aromatic carbocycles. The molecule has 5 rings (SSSR count). The Hall–Kier alpha value is -3.70. The van der Waals surface area contributed by atoms with Gasteiger partial charge < -0.3 is 20.3 Å². The lowest BCUT2D eigenvalue weighted by molar-refractivity contribution is -0.138. The summed E-state index contributed by atoms with van der Waals surface area (Å²) >= 11 is 0. The van der Waals surface area contributed by atoms with E-state index in [1.54, 1.807) is 0 Å². The van der Waals surface area contributed by atoms with E-state index in [-0.39, 0.29) is 18.2 Å². The molecule has 1 aliphatic heterocycles. The summed E-state index contributed by atoms with van der Waals surface area (Å²) in [5, 5.41) is 6.64. The summed E-state index contributed by atoms with van der Waals surface area (Å²) in [7, 11) is 0. The Morgan fingerprint density at radius 2 is 1.15 bits per heavy atom. The Kier molecular flexibility index (Phi) is 8.46. The monoisotopic (exact) mass is 579 g/mol. The number of anilines is 3. The summed E-state index contributed by atoms with van der Waals surface area (Å²) in [6, 6.07) is 12.3. The van der Waals surface area contributed by atoms with E-state index in [0.29, 0.717) is 17.3 Å². The van der Waals surface area contributed by atoms with Gasteiger partial charge in [0.2, 0.25) is 5.88 Å². The zero-order chi connectivity index (χ0) is 29.0. The van der Waals surface area contributed by atoms with Crippen LogP contribution in [0.1, 0.15) is 49.7 Å². The Bertz CT molecular complexity index is 1270. The lowest BCUT2D eigenvalue weighted by Crippen LogP contribution is -2.39. The average molecular weight is 580 g/mol. The fourth-order valence-corrected chi connectivity index (χ4v) is 5.30. The molecule has 2 aliphatic rings. The summed E-state index contributed by atoms with van der Waals surface area (Å²) in [4.78, 5) is 10.8. The third-order valence-electron chi connectivity index (χ3n) is 7.57. The molecule has 2 heterocycles. The largest absolute Gasteiger partial charge is 0.474 e. The minimum absolute atomic E-state index is 0.0120. The molecule has 3 aromatic rings. The number of halogens is 6. The Morgan fingerprint density at radius 1 is 0.659 bits per heavy atom. The number of rotatable bonds is 7. The molecule has 0 amide bonds. The van der Waals surface area contributed by atoms with Crippen molar-refractivity contribution in [1.29, 1.82) is 0 Å². The Balaban J connectivity index is 1.07. The van der Waals surface area contributed by atoms with Gasteiger partial charge in [-0.15, -0.1) is 0 Å². The van der Waals surface area contributed by atoms with Crippen LogP contribution in [0.25, 0.3) is 0 Å². The molecular weight excluding hydrogens is 548 g/mol. The topological polar surface area (TPSA) is 62.3 Å². The maximum Gasteiger partial charge on any atom is 0.416 e. The van der Waals surface area contributed by atoms with Crippen molar-refractivity contribution < 1.29 is 31.1 Å². The highest BCUT2D eigenvalue weighted by Crippen LogP contribution is 2.32. The van der Waals surface area contributed by atoms with Crippen LogP contribution >= 0.6 is 0 Å². The molecule has 0 atom stereocenters. The number of aromatic nitrogens is 2. The van der Waals surface area contributed by atoms with Gasteiger partial charge in [-0.3, -0.25) is 0 Å². The van der Waals surface area contributed by atoms with Gasteiger partial charge in [-0.2, -0.15) is 26.3 Å². The zero-order valence-electron chi connectivity index (χ0n) is 22.2. The van der Waals surface area contributed by atoms with Gasteiger partial charge in [0.05, 0.1) is 11.1 Å². The van der Waals surface area contributed by atoms with Gasteiger partial charge in [0.15, 0.2) is 0 Å². The first-order chi connectivity index (χ1) is 19.5. The third kappa shape index (κ3) is 7.74. The van der Waals surface area contributed by atoms with E-state index in [1.807, 2.05) is 6.07 Å². The fourth-order valence-electron chi connectivity index (χ4n) is 5.30. The number of hydrogen-bond acceptors (Lipinski definition) is 6. The molecule has 41 heavy (non-hydrogen) atoms. The van der Waals surface area contributed by atoms with Crippen LogP contribution in [0.4, 0.5) is 43.5 Å². The van der Waals surface area contributed by atoms with E-state index in [4.69, 9.17) is 4.74 Å². The van der Waals surface area contributed by atoms with Crippen LogP contribution in [0.5, 0.6) is 5.88 Å². The van der Waals surface area contributed by atoms with E-state index in [9.17, 15) is 26.3 Å². The van der Waals surface area contributed by atoms with Gasteiger partial charge in [-0.05, 0) is 87.1 Å². The average Bonchev–Trinajstić information content (AvgIpc) is 2.94. The van der Waals surface area contributed by atoms with E-state index >= 15 is 0 Å². The summed E-state index contributed by atoms with van der Waals surface area (Å²) in [6.07, 6.45) is -2.39. The van der Waals surface area contributed by atoms with Gasteiger partial charge in [0.1, 0.15) is 18.2 Å². The maximum atomic E-state index is 12.8. The molecule has 1 aliphatic carbocycles.